The summed E-state index contributed by atoms with van der Waals surface area (Å²) in [5.74, 6) is 0.676. The van der Waals surface area contributed by atoms with Crippen molar-refractivity contribution in [1.82, 2.24) is 14.1 Å². The molecule has 3 rings (SSSR count). The van der Waals surface area contributed by atoms with Gasteiger partial charge < -0.3 is 5.32 Å². The van der Waals surface area contributed by atoms with Crippen LogP contribution in [0.5, 0.6) is 0 Å². The van der Waals surface area contributed by atoms with Crippen LogP contribution in [0.4, 0.5) is 5.69 Å². The van der Waals surface area contributed by atoms with Crippen LogP contribution in [0, 0.1) is 11.8 Å². The second-order valence-electron chi connectivity index (χ2n) is 8.66. The van der Waals surface area contributed by atoms with Gasteiger partial charge in [-0.25, -0.2) is 9.78 Å². The van der Waals surface area contributed by atoms with Crippen molar-refractivity contribution in [3.8, 4) is 0 Å². The Labute approximate surface area is 177 Å². The van der Waals surface area contributed by atoms with Crippen molar-refractivity contribution in [2.45, 2.75) is 71.6 Å². The molecule has 164 valence electrons. The summed E-state index contributed by atoms with van der Waals surface area (Å²) in [6.07, 6.45) is 10.9. The second-order valence-corrected chi connectivity index (χ2v) is 8.66. The maximum atomic E-state index is 13.1. The van der Waals surface area contributed by atoms with Crippen molar-refractivity contribution < 1.29 is 4.79 Å². The van der Waals surface area contributed by atoms with Gasteiger partial charge in [0.05, 0.1) is 5.69 Å². The summed E-state index contributed by atoms with van der Waals surface area (Å²) in [5, 5.41) is 3.39. The maximum Gasteiger partial charge on any atom is 0.332 e. The van der Waals surface area contributed by atoms with Crippen LogP contribution in [-0.4, -0.2) is 20.0 Å². The molecule has 1 amide bonds. The highest BCUT2D eigenvalue weighted by Crippen LogP contribution is 2.33. The van der Waals surface area contributed by atoms with E-state index in [9.17, 15) is 14.4 Å². The van der Waals surface area contributed by atoms with E-state index < -0.39 is 11.2 Å². The van der Waals surface area contributed by atoms with Gasteiger partial charge in [-0.3, -0.25) is 18.7 Å². The minimum absolute atomic E-state index is 0.0234. The van der Waals surface area contributed by atoms with Gasteiger partial charge in [0.25, 0.3) is 5.56 Å². The Bertz CT molecular complexity index is 1030. The lowest BCUT2D eigenvalue weighted by atomic mass is 9.79. The van der Waals surface area contributed by atoms with Crippen LogP contribution in [-0.2, 0) is 25.3 Å². The first kappa shape index (κ1) is 22.2. The van der Waals surface area contributed by atoms with Crippen LogP contribution < -0.4 is 16.6 Å². The third-order valence-corrected chi connectivity index (χ3v) is 6.50. The zero-order valence-corrected chi connectivity index (χ0v) is 18.7. The lowest BCUT2D eigenvalue weighted by molar-refractivity contribution is -0.121. The molecule has 1 fully saturated rings. The van der Waals surface area contributed by atoms with Gasteiger partial charge in [0.1, 0.15) is 5.39 Å². The van der Waals surface area contributed by atoms with Gasteiger partial charge >= 0.3 is 5.69 Å². The van der Waals surface area contributed by atoms with Gasteiger partial charge in [-0.2, -0.15) is 0 Å². The number of hydrogen-bond acceptors (Lipinski definition) is 4. The molecule has 7 heteroatoms. The molecule has 2 aromatic rings. The third kappa shape index (κ3) is 4.35. The molecule has 0 saturated heterocycles. The average molecular weight is 415 g/mol. The highest BCUT2D eigenvalue weighted by molar-refractivity contribution is 6.01. The van der Waals surface area contributed by atoms with Gasteiger partial charge in [0.15, 0.2) is 5.65 Å². The topological polar surface area (TPSA) is 86.0 Å². The molecule has 0 atom stereocenters. The Morgan fingerprint density at radius 1 is 1.10 bits per heavy atom. The van der Waals surface area contributed by atoms with E-state index in [-0.39, 0.29) is 11.8 Å². The predicted molar refractivity (Wildman–Crippen MR) is 120 cm³/mol. The minimum atomic E-state index is -0.425. The molecule has 1 aliphatic carbocycles. The summed E-state index contributed by atoms with van der Waals surface area (Å²) < 4.78 is 2.44. The number of pyridine rings is 1. The SMILES string of the molecule is CCCCC1CCC(C(=O)Nc2c(CCC)cnc3c2c(=O)n(C)c(=O)n3C)CC1. The third-order valence-electron chi connectivity index (χ3n) is 6.50. The quantitative estimate of drug-likeness (QED) is 0.751. The Balaban J connectivity index is 1.93. The number of nitrogens with zero attached hydrogens (tertiary/aromatic N) is 3. The summed E-state index contributed by atoms with van der Waals surface area (Å²) >= 11 is 0. The summed E-state index contributed by atoms with van der Waals surface area (Å²) in [7, 11) is 3.06. The van der Waals surface area contributed by atoms with Crippen molar-refractivity contribution in [1.29, 1.82) is 0 Å². The molecule has 1 N–H and O–H groups in total. The van der Waals surface area contributed by atoms with Crippen LogP contribution >= 0.6 is 0 Å². The molecule has 0 aliphatic heterocycles. The van der Waals surface area contributed by atoms with E-state index >= 15 is 0 Å². The lowest BCUT2D eigenvalue weighted by Crippen LogP contribution is -2.38. The van der Waals surface area contributed by atoms with E-state index in [0.717, 1.165) is 48.2 Å². The molecule has 7 nitrogen and oxygen atoms in total. The monoisotopic (exact) mass is 414 g/mol. The summed E-state index contributed by atoms with van der Waals surface area (Å²) in [5.41, 5.74) is 0.825. The number of aromatic nitrogens is 3. The first-order valence-electron chi connectivity index (χ1n) is 11.3. The van der Waals surface area contributed by atoms with E-state index in [0.29, 0.717) is 23.1 Å². The smallest absolute Gasteiger partial charge is 0.325 e. The van der Waals surface area contributed by atoms with Crippen molar-refractivity contribution in [3.05, 3.63) is 32.6 Å². The molecular weight excluding hydrogens is 380 g/mol. The Morgan fingerprint density at radius 3 is 2.43 bits per heavy atom. The van der Waals surface area contributed by atoms with Gasteiger partial charge in [-0.1, -0.05) is 39.5 Å². The lowest BCUT2D eigenvalue weighted by Gasteiger charge is -2.28. The van der Waals surface area contributed by atoms with Crippen LogP contribution in [0.15, 0.2) is 15.8 Å². The van der Waals surface area contributed by atoms with Gasteiger partial charge in [0, 0.05) is 26.2 Å². The highest BCUT2D eigenvalue weighted by Gasteiger charge is 2.27. The standard InChI is InChI=1S/C23H34N4O3/c1-5-7-9-15-10-12-16(13-11-15)21(28)25-19-17(8-6-2)14-24-20-18(19)22(29)27(4)23(30)26(20)3/h14-16H,5-13H2,1-4H3,(H,24,25,28). The summed E-state index contributed by atoms with van der Waals surface area (Å²) in [4.78, 5) is 42.7. The molecule has 2 heterocycles. The van der Waals surface area contributed by atoms with E-state index in [1.165, 1.54) is 30.9 Å². The number of fused-ring (bicyclic) bond motifs is 1. The molecule has 0 aromatic carbocycles. The first-order valence-corrected chi connectivity index (χ1v) is 11.3. The zero-order chi connectivity index (χ0) is 21.8. The molecule has 1 aliphatic rings. The Hall–Kier alpha value is -2.44. The first-order chi connectivity index (χ1) is 14.4. The minimum Gasteiger partial charge on any atom is -0.325 e. The van der Waals surface area contributed by atoms with Gasteiger partial charge in [0.2, 0.25) is 5.91 Å². The molecule has 0 radical (unpaired) electrons. The molecule has 0 spiro atoms. The number of hydrogen-bond donors (Lipinski definition) is 1. The molecule has 1 saturated carbocycles. The predicted octanol–water partition coefficient (Wildman–Crippen LogP) is 3.52. The van der Waals surface area contributed by atoms with Crippen LogP contribution in [0.25, 0.3) is 11.0 Å². The van der Waals surface area contributed by atoms with Crippen LogP contribution in [0.2, 0.25) is 0 Å². The maximum absolute atomic E-state index is 13.1. The van der Waals surface area contributed by atoms with E-state index in [1.54, 1.807) is 13.2 Å². The molecule has 2 aromatic heterocycles. The number of amides is 1. The number of carbonyl (C=O) groups is 1. The number of unbranched alkanes of at least 4 members (excludes halogenated alkanes) is 1. The molecular formula is C23H34N4O3. The summed E-state index contributed by atoms with van der Waals surface area (Å²) in [6, 6.07) is 0. The van der Waals surface area contributed by atoms with Crippen molar-refractivity contribution in [2.24, 2.45) is 25.9 Å². The van der Waals surface area contributed by atoms with Crippen molar-refractivity contribution in [3.63, 3.8) is 0 Å². The fraction of sp³-hybridized carbons (Fsp3) is 0.652. The highest BCUT2D eigenvalue weighted by atomic mass is 16.2. The molecule has 0 bridgehead atoms. The fourth-order valence-corrected chi connectivity index (χ4v) is 4.60. The summed E-state index contributed by atoms with van der Waals surface area (Å²) in [6.45, 7) is 4.26. The van der Waals surface area contributed by atoms with Crippen LogP contribution in [0.3, 0.4) is 0 Å². The van der Waals surface area contributed by atoms with E-state index in [1.807, 2.05) is 6.92 Å². The number of carbonyl (C=O) groups excluding carboxylic acids is 1. The van der Waals surface area contributed by atoms with E-state index in [4.69, 9.17) is 0 Å². The van der Waals surface area contributed by atoms with Crippen molar-refractivity contribution >= 4 is 22.6 Å². The number of aryl methyl sites for hydroxylation is 2. The number of nitrogens with one attached hydrogen (secondary N) is 1. The largest absolute Gasteiger partial charge is 0.332 e. The molecule has 30 heavy (non-hydrogen) atoms. The average Bonchev–Trinajstić information content (AvgIpc) is 2.76. The Kier molecular flexibility index (Phi) is 7.10. The fourth-order valence-electron chi connectivity index (χ4n) is 4.60. The molecule has 0 unspecified atom stereocenters. The normalized spacial score (nSPS) is 19.2. The zero-order valence-electron chi connectivity index (χ0n) is 18.7. The number of anilines is 1. The second kappa shape index (κ2) is 9.58. The van der Waals surface area contributed by atoms with Gasteiger partial charge in [-0.15, -0.1) is 0 Å². The Morgan fingerprint density at radius 2 is 1.80 bits per heavy atom. The number of rotatable bonds is 7. The van der Waals surface area contributed by atoms with Gasteiger partial charge in [-0.05, 0) is 43.6 Å². The van der Waals surface area contributed by atoms with E-state index in [2.05, 4.69) is 17.2 Å². The van der Waals surface area contributed by atoms with Crippen LogP contribution in [0.1, 0.15) is 70.8 Å². The van der Waals surface area contributed by atoms with Crippen molar-refractivity contribution in [2.75, 3.05) is 5.32 Å².